The maximum atomic E-state index is 12.2. The van der Waals surface area contributed by atoms with Gasteiger partial charge in [-0.1, -0.05) is 12.1 Å². The van der Waals surface area contributed by atoms with Crippen molar-refractivity contribution in [3.63, 3.8) is 0 Å². The number of likely N-dealkylation sites (tertiary alicyclic amines) is 1. The van der Waals surface area contributed by atoms with Crippen LogP contribution in [-0.4, -0.2) is 36.6 Å². The van der Waals surface area contributed by atoms with Crippen molar-refractivity contribution in [2.45, 2.75) is 32.7 Å². The van der Waals surface area contributed by atoms with Crippen molar-refractivity contribution in [1.82, 2.24) is 10.2 Å². The molecule has 0 bridgehead atoms. The van der Waals surface area contributed by atoms with E-state index in [1.807, 2.05) is 30.9 Å². The van der Waals surface area contributed by atoms with E-state index in [0.717, 1.165) is 30.9 Å². The normalized spacial score (nSPS) is 22.7. The Balaban J connectivity index is 1.54. The van der Waals surface area contributed by atoms with Crippen LogP contribution in [0.3, 0.4) is 0 Å². The van der Waals surface area contributed by atoms with Gasteiger partial charge in [0.25, 0.3) is 0 Å². The molecular weight excluding hydrogens is 250 g/mol. The molecule has 2 saturated heterocycles. The third-order valence-corrected chi connectivity index (χ3v) is 4.50. The van der Waals surface area contributed by atoms with Crippen molar-refractivity contribution < 1.29 is 4.79 Å². The van der Waals surface area contributed by atoms with E-state index in [1.165, 1.54) is 18.4 Å². The number of aryl methyl sites for hydroxylation is 2. The first-order valence-corrected chi connectivity index (χ1v) is 7.50. The van der Waals surface area contributed by atoms with E-state index in [9.17, 15) is 4.79 Å². The standard InChI is InChI=1S/C16H23N3O/c1-11-5-6-12(2)15(8-11)18-16(20)19-9-13(10-19)14-4-3-7-17-14/h5-6,8,13-14,17H,3-4,7,9-10H2,1-2H3,(H,18,20). The predicted molar refractivity (Wildman–Crippen MR) is 81.0 cm³/mol. The van der Waals surface area contributed by atoms with Crippen molar-refractivity contribution in [1.29, 1.82) is 0 Å². The second-order valence-corrected chi connectivity index (χ2v) is 6.12. The van der Waals surface area contributed by atoms with Gasteiger partial charge in [-0.3, -0.25) is 0 Å². The first kappa shape index (κ1) is 13.4. The Morgan fingerprint density at radius 1 is 1.35 bits per heavy atom. The van der Waals surface area contributed by atoms with Crippen LogP contribution in [-0.2, 0) is 0 Å². The van der Waals surface area contributed by atoms with E-state index in [0.29, 0.717) is 12.0 Å². The van der Waals surface area contributed by atoms with Crippen molar-refractivity contribution in [3.8, 4) is 0 Å². The molecule has 2 heterocycles. The lowest BCUT2D eigenvalue weighted by Crippen LogP contribution is -2.57. The lowest BCUT2D eigenvalue weighted by molar-refractivity contribution is 0.109. The van der Waals surface area contributed by atoms with Crippen molar-refractivity contribution in [2.75, 3.05) is 25.0 Å². The minimum absolute atomic E-state index is 0.0351. The molecule has 0 aliphatic carbocycles. The van der Waals surface area contributed by atoms with Gasteiger partial charge in [-0.15, -0.1) is 0 Å². The smallest absolute Gasteiger partial charge is 0.321 e. The van der Waals surface area contributed by atoms with Crippen LogP contribution < -0.4 is 10.6 Å². The SMILES string of the molecule is Cc1ccc(C)c(NC(=O)N2CC(C3CCCN3)C2)c1. The highest BCUT2D eigenvalue weighted by Gasteiger charge is 2.37. The average molecular weight is 273 g/mol. The summed E-state index contributed by atoms with van der Waals surface area (Å²) >= 11 is 0. The Morgan fingerprint density at radius 2 is 2.15 bits per heavy atom. The molecule has 2 amide bonds. The minimum Gasteiger partial charge on any atom is -0.324 e. The zero-order chi connectivity index (χ0) is 14.1. The molecule has 1 atom stereocenters. The number of rotatable bonds is 2. The summed E-state index contributed by atoms with van der Waals surface area (Å²) in [5, 5.41) is 6.56. The molecule has 108 valence electrons. The quantitative estimate of drug-likeness (QED) is 0.869. The molecule has 2 fully saturated rings. The van der Waals surface area contributed by atoms with Crippen LogP contribution in [0.25, 0.3) is 0 Å². The number of carbonyl (C=O) groups excluding carboxylic acids is 1. The monoisotopic (exact) mass is 273 g/mol. The molecule has 0 radical (unpaired) electrons. The van der Waals surface area contributed by atoms with E-state index in [2.05, 4.69) is 16.7 Å². The highest BCUT2D eigenvalue weighted by Crippen LogP contribution is 2.26. The summed E-state index contributed by atoms with van der Waals surface area (Å²) in [4.78, 5) is 14.1. The van der Waals surface area contributed by atoms with E-state index in [-0.39, 0.29) is 6.03 Å². The van der Waals surface area contributed by atoms with Gasteiger partial charge in [-0.05, 0) is 50.4 Å². The first-order chi connectivity index (χ1) is 9.63. The Kier molecular flexibility index (Phi) is 3.66. The Labute approximate surface area is 120 Å². The average Bonchev–Trinajstić information content (AvgIpc) is 2.85. The van der Waals surface area contributed by atoms with E-state index in [1.54, 1.807) is 0 Å². The van der Waals surface area contributed by atoms with Crippen LogP contribution in [0.4, 0.5) is 10.5 Å². The van der Waals surface area contributed by atoms with Gasteiger partial charge < -0.3 is 15.5 Å². The van der Waals surface area contributed by atoms with Gasteiger partial charge in [0.1, 0.15) is 0 Å². The predicted octanol–water partition coefficient (Wildman–Crippen LogP) is 2.52. The van der Waals surface area contributed by atoms with Gasteiger partial charge in [0, 0.05) is 30.7 Å². The molecule has 1 unspecified atom stereocenters. The molecule has 0 saturated carbocycles. The van der Waals surface area contributed by atoms with E-state index in [4.69, 9.17) is 0 Å². The number of carbonyl (C=O) groups is 1. The van der Waals surface area contributed by atoms with Gasteiger partial charge in [-0.2, -0.15) is 0 Å². The largest absolute Gasteiger partial charge is 0.324 e. The first-order valence-electron chi connectivity index (χ1n) is 7.50. The third-order valence-electron chi connectivity index (χ3n) is 4.50. The topological polar surface area (TPSA) is 44.4 Å². The summed E-state index contributed by atoms with van der Waals surface area (Å²) in [6, 6.07) is 6.80. The summed E-state index contributed by atoms with van der Waals surface area (Å²) in [5.41, 5.74) is 3.21. The molecule has 4 heteroatoms. The summed E-state index contributed by atoms with van der Waals surface area (Å²) in [6.07, 6.45) is 2.53. The number of benzene rings is 1. The molecule has 0 aromatic heterocycles. The Hall–Kier alpha value is -1.55. The van der Waals surface area contributed by atoms with Gasteiger partial charge in [0.05, 0.1) is 0 Å². The van der Waals surface area contributed by atoms with E-state index < -0.39 is 0 Å². The molecule has 1 aromatic rings. The molecular formula is C16H23N3O. The lowest BCUT2D eigenvalue weighted by atomic mass is 9.91. The third kappa shape index (κ3) is 2.66. The highest BCUT2D eigenvalue weighted by atomic mass is 16.2. The van der Waals surface area contributed by atoms with Crippen LogP contribution >= 0.6 is 0 Å². The number of amides is 2. The van der Waals surface area contributed by atoms with Gasteiger partial charge in [0.2, 0.25) is 0 Å². The molecule has 0 spiro atoms. The fraction of sp³-hybridized carbons (Fsp3) is 0.562. The molecule has 3 rings (SSSR count). The van der Waals surface area contributed by atoms with Crippen LogP contribution in [0.1, 0.15) is 24.0 Å². The zero-order valence-electron chi connectivity index (χ0n) is 12.3. The van der Waals surface area contributed by atoms with Crippen LogP contribution in [0.15, 0.2) is 18.2 Å². The van der Waals surface area contributed by atoms with Crippen LogP contribution in [0, 0.1) is 19.8 Å². The molecule has 2 aliphatic rings. The summed E-state index contributed by atoms with van der Waals surface area (Å²) < 4.78 is 0. The van der Waals surface area contributed by atoms with Crippen LogP contribution in [0.5, 0.6) is 0 Å². The number of urea groups is 1. The minimum atomic E-state index is 0.0351. The molecule has 2 N–H and O–H groups in total. The Bertz CT molecular complexity index is 502. The fourth-order valence-corrected chi connectivity index (χ4v) is 3.11. The van der Waals surface area contributed by atoms with Gasteiger partial charge in [0.15, 0.2) is 0 Å². The van der Waals surface area contributed by atoms with Gasteiger partial charge >= 0.3 is 6.03 Å². The second kappa shape index (κ2) is 5.44. The summed E-state index contributed by atoms with van der Waals surface area (Å²) in [7, 11) is 0. The molecule has 2 aliphatic heterocycles. The number of anilines is 1. The number of hydrogen-bond acceptors (Lipinski definition) is 2. The molecule has 4 nitrogen and oxygen atoms in total. The van der Waals surface area contributed by atoms with Crippen molar-refractivity contribution in [2.24, 2.45) is 5.92 Å². The zero-order valence-corrected chi connectivity index (χ0v) is 12.3. The fourth-order valence-electron chi connectivity index (χ4n) is 3.11. The van der Waals surface area contributed by atoms with E-state index >= 15 is 0 Å². The highest BCUT2D eigenvalue weighted by molar-refractivity contribution is 5.90. The lowest BCUT2D eigenvalue weighted by Gasteiger charge is -2.42. The maximum Gasteiger partial charge on any atom is 0.321 e. The van der Waals surface area contributed by atoms with Crippen molar-refractivity contribution in [3.05, 3.63) is 29.3 Å². The maximum absolute atomic E-state index is 12.2. The number of nitrogens with zero attached hydrogens (tertiary/aromatic N) is 1. The number of hydrogen-bond donors (Lipinski definition) is 2. The second-order valence-electron chi connectivity index (χ2n) is 6.12. The Morgan fingerprint density at radius 3 is 2.85 bits per heavy atom. The van der Waals surface area contributed by atoms with Gasteiger partial charge in [-0.25, -0.2) is 4.79 Å². The summed E-state index contributed by atoms with van der Waals surface area (Å²) in [5.74, 6) is 0.641. The number of nitrogens with one attached hydrogen (secondary N) is 2. The summed E-state index contributed by atoms with van der Waals surface area (Å²) in [6.45, 7) is 6.97. The van der Waals surface area contributed by atoms with Crippen molar-refractivity contribution >= 4 is 11.7 Å². The van der Waals surface area contributed by atoms with Crippen LogP contribution in [0.2, 0.25) is 0 Å². The molecule has 20 heavy (non-hydrogen) atoms. The molecule has 1 aromatic carbocycles.